The minimum absolute atomic E-state index is 0.0748. The Morgan fingerprint density at radius 1 is 1.12 bits per heavy atom. The average molecular weight is 512 g/mol. The summed E-state index contributed by atoms with van der Waals surface area (Å²) in [5.41, 5.74) is 4.54. The predicted octanol–water partition coefficient (Wildman–Crippen LogP) is 5.49. The van der Waals surface area contributed by atoms with Gasteiger partial charge in [0.05, 0.1) is 18.0 Å². The van der Waals surface area contributed by atoms with Crippen molar-refractivity contribution >= 4 is 51.6 Å². The highest BCUT2D eigenvalue weighted by Crippen LogP contribution is 2.29. The number of esters is 1. The molecule has 6 nitrogen and oxygen atoms in total. The van der Waals surface area contributed by atoms with E-state index in [0.717, 1.165) is 22.4 Å². The minimum Gasteiger partial charge on any atom is -0.465 e. The number of thiazole rings is 1. The highest BCUT2D eigenvalue weighted by atomic mass is 32.2. The van der Waals surface area contributed by atoms with Crippen molar-refractivity contribution in [2.75, 3.05) is 12.4 Å². The van der Waals surface area contributed by atoms with Gasteiger partial charge < -0.3 is 4.74 Å². The van der Waals surface area contributed by atoms with E-state index in [1.165, 1.54) is 23.1 Å². The Kier molecular flexibility index (Phi) is 7.65. The largest absolute Gasteiger partial charge is 0.465 e. The van der Waals surface area contributed by atoms with Crippen molar-refractivity contribution in [3.8, 4) is 5.69 Å². The zero-order valence-corrected chi connectivity index (χ0v) is 21.7. The molecule has 34 heavy (non-hydrogen) atoms. The maximum atomic E-state index is 13.7. The molecule has 0 saturated heterocycles. The third-order valence-electron chi connectivity index (χ3n) is 5.41. The normalized spacial score (nSPS) is 11.1. The summed E-state index contributed by atoms with van der Waals surface area (Å²) in [6, 6.07) is 16.0. The van der Waals surface area contributed by atoms with Crippen LogP contribution in [0.5, 0.6) is 0 Å². The van der Waals surface area contributed by atoms with Crippen molar-refractivity contribution in [2.45, 2.75) is 38.9 Å². The molecule has 0 amide bonds. The van der Waals surface area contributed by atoms with Crippen LogP contribution >= 0.6 is 35.3 Å². The molecule has 2 aromatic carbocycles. The lowest BCUT2D eigenvalue weighted by atomic mass is 10.1. The van der Waals surface area contributed by atoms with Crippen molar-refractivity contribution in [3.63, 3.8) is 0 Å². The molecular formula is C25H25N3O3S3. The molecule has 0 bridgehead atoms. The van der Waals surface area contributed by atoms with E-state index in [9.17, 15) is 9.59 Å². The predicted molar refractivity (Wildman–Crippen MR) is 141 cm³/mol. The van der Waals surface area contributed by atoms with Crippen molar-refractivity contribution < 1.29 is 9.53 Å². The first kappa shape index (κ1) is 24.4. The van der Waals surface area contributed by atoms with Gasteiger partial charge in [-0.25, -0.2) is 4.98 Å². The van der Waals surface area contributed by atoms with Gasteiger partial charge in [0.25, 0.3) is 5.56 Å². The van der Waals surface area contributed by atoms with Gasteiger partial charge in [-0.05, 0) is 56.1 Å². The van der Waals surface area contributed by atoms with Gasteiger partial charge in [0.15, 0.2) is 14.8 Å². The Bertz CT molecular complexity index is 1440. The smallest absolute Gasteiger partial charge is 0.316 e. The van der Waals surface area contributed by atoms with E-state index in [1.807, 2.05) is 66.9 Å². The second-order valence-corrected chi connectivity index (χ2v) is 10.4. The number of fused-ring (bicyclic) bond motifs is 1. The number of rotatable bonds is 8. The number of ether oxygens (including phenoxy) is 1. The lowest BCUT2D eigenvalue weighted by Crippen LogP contribution is -2.24. The second kappa shape index (κ2) is 10.7. The fourth-order valence-electron chi connectivity index (χ4n) is 3.84. The molecule has 0 spiro atoms. The molecule has 0 N–H and O–H groups in total. The Morgan fingerprint density at radius 2 is 1.82 bits per heavy atom. The Labute approximate surface area is 211 Å². The zero-order valence-electron chi connectivity index (χ0n) is 19.2. The molecule has 0 aliphatic carbocycles. The summed E-state index contributed by atoms with van der Waals surface area (Å²) < 4.78 is 9.71. The van der Waals surface area contributed by atoms with Crippen molar-refractivity contribution in [1.29, 1.82) is 0 Å². The first-order valence-electron chi connectivity index (χ1n) is 11.0. The van der Waals surface area contributed by atoms with E-state index in [4.69, 9.17) is 21.9 Å². The molecule has 0 fully saturated rings. The van der Waals surface area contributed by atoms with Gasteiger partial charge in [0.1, 0.15) is 4.70 Å². The molecule has 4 rings (SSSR count). The quantitative estimate of drug-likeness (QED) is 0.135. The monoisotopic (exact) mass is 511 g/mol. The van der Waals surface area contributed by atoms with Gasteiger partial charge in [0, 0.05) is 6.54 Å². The number of hydrogen-bond donors (Lipinski definition) is 0. The number of benzene rings is 2. The summed E-state index contributed by atoms with van der Waals surface area (Å²) in [5.74, 6) is -0.265. The van der Waals surface area contributed by atoms with Crippen LogP contribution < -0.4 is 5.56 Å². The lowest BCUT2D eigenvalue weighted by molar-refractivity contribution is -0.139. The van der Waals surface area contributed by atoms with Gasteiger partial charge in [-0.2, -0.15) is 0 Å². The molecule has 0 unspecified atom stereocenters. The number of para-hydroxylation sites is 1. The molecule has 2 heterocycles. The summed E-state index contributed by atoms with van der Waals surface area (Å²) in [6.07, 6.45) is 0.671. The second-order valence-electron chi connectivity index (χ2n) is 7.78. The molecular weight excluding hydrogens is 486 g/mol. The third kappa shape index (κ3) is 5.01. The van der Waals surface area contributed by atoms with Crippen LogP contribution in [0.1, 0.15) is 23.6 Å². The third-order valence-corrected chi connectivity index (χ3v) is 7.71. The summed E-state index contributed by atoms with van der Waals surface area (Å²) in [7, 11) is 0. The van der Waals surface area contributed by atoms with Gasteiger partial charge in [0.2, 0.25) is 0 Å². The number of aryl methyl sites for hydroxylation is 3. The zero-order chi connectivity index (χ0) is 24.2. The molecule has 2 aromatic heterocycles. The van der Waals surface area contributed by atoms with E-state index in [-0.39, 0.29) is 17.3 Å². The molecule has 9 heteroatoms. The van der Waals surface area contributed by atoms with Crippen LogP contribution in [0.4, 0.5) is 0 Å². The highest BCUT2D eigenvalue weighted by Gasteiger charge is 2.20. The Hall–Kier alpha value is -2.75. The molecule has 0 saturated carbocycles. The van der Waals surface area contributed by atoms with Crippen LogP contribution in [-0.2, 0) is 22.5 Å². The van der Waals surface area contributed by atoms with Crippen molar-refractivity contribution in [3.05, 3.63) is 79.5 Å². The molecule has 4 aromatic rings. The number of hydrogen-bond acceptors (Lipinski definition) is 7. The number of carbonyl (C=O) groups is 1. The first-order valence-corrected chi connectivity index (χ1v) is 13.2. The number of aromatic nitrogens is 3. The van der Waals surface area contributed by atoms with Crippen LogP contribution in [-0.4, -0.2) is 32.4 Å². The van der Waals surface area contributed by atoms with Gasteiger partial charge in [-0.1, -0.05) is 71.6 Å². The van der Waals surface area contributed by atoms with E-state index in [2.05, 4.69) is 0 Å². The van der Waals surface area contributed by atoms with E-state index in [1.54, 1.807) is 11.5 Å². The number of nitrogens with zero attached hydrogens (tertiary/aromatic N) is 3. The maximum Gasteiger partial charge on any atom is 0.316 e. The number of thioether (sulfide) groups is 1. The minimum atomic E-state index is -0.339. The summed E-state index contributed by atoms with van der Waals surface area (Å²) >= 11 is 8.19. The lowest BCUT2D eigenvalue weighted by Gasteiger charge is -2.14. The highest BCUT2D eigenvalue weighted by molar-refractivity contribution is 7.99. The van der Waals surface area contributed by atoms with Gasteiger partial charge in [-0.3, -0.25) is 18.7 Å². The van der Waals surface area contributed by atoms with Crippen LogP contribution in [0, 0.1) is 17.8 Å². The van der Waals surface area contributed by atoms with E-state index < -0.39 is 0 Å². The molecule has 0 radical (unpaired) electrons. The number of carbonyl (C=O) groups excluding carboxylic acids is 1. The van der Waals surface area contributed by atoms with Gasteiger partial charge in [-0.15, -0.1) is 0 Å². The van der Waals surface area contributed by atoms with Crippen LogP contribution in [0.15, 0.2) is 58.5 Å². The SMILES string of the molecule is CCOC(=O)CSc1nc2c(sc(=S)n2-c2c(C)cccc2C)c(=O)n1CCc1ccccc1. The Balaban J connectivity index is 1.85. The van der Waals surface area contributed by atoms with Crippen molar-refractivity contribution in [1.82, 2.24) is 14.1 Å². The summed E-state index contributed by atoms with van der Waals surface area (Å²) in [6.45, 7) is 6.57. The molecule has 0 aliphatic rings. The standard InChI is InChI=1S/C25H25N3O3S3/c1-4-31-19(29)15-33-24-26-22-21(23(30)27(24)14-13-18-11-6-5-7-12-18)34-25(32)28(22)20-16(2)9-8-10-17(20)3/h5-12H,4,13-15H2,1-3H3. The summed E-state index contributed by atoms with van der Waals surface area (Å²) in [5, 5.41) is 0.481. The van der Waals surface area contributed by atoms with E-state index >= 15 is 0 Å². The van der Waals surface area contributed by atoms with Gasteiger partial charge >= 0.3 is 5.97 Å². The molecule has 0 atom stereocenters. The molecule has 176 valence electrons. The van der Waals surface area contributed by atoms with Crippen LogP contribution in [0.3, 0.4) is 0 Å². The van der Waals surface area contributed by atoms with Crippen molar-refractivity contribution in [2.24, 2.45) is 0 Å². The topological polar surface area (TPSA) is 66.1 Å². The fourth-order valence-corrected chi connectivity index (χ4v) is 5.95. The maximum absolute atomic E-state index is 13.7. The average Bonchev–Trinajstić information content (AvgIpc) is 3.14. The summed E-state index contributed by atoms with van der Waals surface area (Å²) in [4.78, 5) is 30.6. The van der Waals surface area contributed by atoms with Crippen LogP contribution in [0.2, 0.25) is 0 Å². The first-order chi connectivity index (χ1) is 16.4. The Morgan fingerprint density at radius 3 is 2.50 bits per heavy atom. The van der Waals surface area contributed by atoms with E-state index in [0.29, 0.717) is 39.0 Å². The molecule has 0 aliphatic heterocycles. The fraction of sp³-hybridized carbons (Fsp3) is 0.280. The van der Waals surface area contributed by atoms with Crippen LogP contribution in [0.25, 0.3) is 16.0 Å².